The van der Waals surface area contributed by atoms with Crippen LogP contribution in [0.4, 0.5) is 0 Å². The number of nitrogens with one attached hydrogen (secondary N) is 1. The first-order valence-corrected chi connectivity index (χ1v) is 7.02. The van der Waals surface area contributed by atoms with Crippen LogP contribution in [0.15, 0.2) is 24.3 Å². The smallest absolute Gasteiger partial charge is 0.119 e. The largest absolute Gasteiger partial charge is 0.491 e. The van der Waals surface area contributed by atoms with Gasteiger partial charge in [0.05, 0.1) is 6.61 Å². The van der Waals surface area contributed by atoms with Crippen LogP contribution in [0.2, 0.25) is 0 Å². The molecule has 0 amide bonds. The van der Waals surface area contributed by atoms with Crippen molar-refractivity contribution < 1.29 is 9.47 Å². The molecule has 1 aromatic rings. The average Bonchev–Trinajstić information content (AvgIpc) is 2.70. The van der Waals surface area contributed by atoms with Gasteiger partial charge in [0.1, 0.15) is 12.4 Å². The second-order valence-corrected chi connectivity index (χ2v) is 4.86. The lowest BCUT2D eigenvalue weighted by molar-refractivity contribution is 0.146. The number of methoxy groups -OCH3 is 1. The van der Waals surface area contributed by atoms with Gasteiger partial charge < -0.3 is 14.8 Å². The van der Waals surface area contributed by atoms with Crippen molar-refractivity contribution in [3.63, 3.8) is 0 Å². The summed E-state index contributed by atoms with van der Waals surface area (Å²) < 4.78 is 10.5. The molecule has 1 heterocycles. The van der Waals surface area contributed by atoms with Gasteiger partial charge in [0.15, 0.2) is 0 Å². The molecule has 4 nitrogen and oxygen atoms in total. The van der Waals surface area contributed by atoms with E-state index in [4.69, 9.17) is 9.47 Å². The summed E-state index contributed by atoms with van der Waals surface area (Å²) in [6.45, 7) is 6.81. The van der Waals surface area contributed by atoms with E-state index in [1.807, 2.05) is 12.1 Å². The molecule has 1 N–H and O–H groups in total. The number of ether oxygens (including phenoxy) is 2. The van der Waals surface area contributed by atoms with Crippen LogP contribution in [0.5, 0.6) is 5.75 Å². The lowest BCUT2D eigenvalue weighted by Crippen LogP contribution is -2.27. The molecule has 0 bridgehead atoms. The molecule has 0 aromatic heterocycles. The standard InChI is InChI=1S/C15H24N2O2/c1-18-11-12-19-15-5-3-14(4-6-15)13-17-9-2-7-16-8-10-17/h3-6,16H,2,7-13H2,1H3. The van der Waals surface area contributed by atoms with E-state index in [0.29, 0.717) is 13.2 Å². The normalized spacial score (nSPS) is 17.1. The molecular formula is C15H24N2O2. The van der Waals surface area contributed by atoms with Crippen LogP contribution in [0.25, 0.3) is 0 Å². The zero-order chi connectivity index (χ0) is 13.3. The Hall–Kier alpha value is -1.10. The highest BCUT2D eigenvalue weighted by atomic mass is 16.5. The zero-order valence-electron chi connectivity index (χ0n) is 11.7. The first-order valence-electron chi connectivity index (χ1n) is 7.02. The SMILES string of the molecule is COCCOc1ccc(CN2CCCNCC2)cc1. The Balaban J connectivity index is 1.80. The molecule has 1 saturated heterocycles. The number of hydrogen-bond donors (Lipinski definition) is 1. The van der Waals surface area contributed by atoms with E-state index >= 15 is 0 Å². The number of hydrogen-bond acceptors (Lipinski definition) is 4. The van der Waals surface area contributed by atoms with E-state index in [9.17, 15) is 0 Å². The Kier molecular flexibility index (Phi) is 6.14. The summed E-state index contributed by atoms with van der Waals surface area (Å²) in [7, 11) is 1.68. The van der Waals surface area contributed by atoms with Crippen LogP contribution in [-0.2, 0) is 11.3 Å². The number of benzene rings is 1. The molecule has 0 radical (unpaired) electrons. The summed E-state index contributed by atoms with van der Waals surface area (Å²) in [5, 5.41) is 3.43. The predicted octanol–water partition coefficient (Wildman–Crippen LogP) is 1.51. The third-order valence-electron chi connectivity index (χ3n) is 3.32. The zero-order valence-corrected chi connectivity index (χ0v) is 11.7. The molecule has 0 saturated carbocycles. The van der Waals surface area contributed by atoms with Crippen molar-refractivity contribution in [1.82, 2.24) is 10.2 Å². The van der Waals surface area contributed by atoms with Crippen LogP contribution < -0.4 is 10.1 Å². The van der Waals surface area contributed by atoms with E-state index in [2.05, 4.69) is 22.3 Å². The van der Waals surface area contributed by atoms with Gasteiger partial charge >= 0.3 is 0 Å². The molecule has 1 aliphatic heterocycles. The molecule has 0 aliphatic carbocycles. The summed E-state index contributed by atoms with van der Waals surface area (Å²) in [4.78, 5) is 2.50. The number of nitrogens with zero attached hydrogens (tertiary/aromatic N) is 1. The Morgan fingerprint density at radius 2 is 1.95 bits per heavy atom. The molecule has 19 heavy (non-hydrogen) atoms. The fraction of sp³-hybridized carbons (Fsp3) is 0.600. The van der Waals surface area contributed by atoms with E-state index in [1.54, 1.807) is 7.11 Å². The third-order valence-corrected chi connectivity index (χ3v) is 3.32. The summed E-state index contributed by atoms with van der Waals surface area (Å²) >= 11 is 0. The minimum absolute atomic E-state index is 0.605. The summed E-state index contributed by atoms with van der Waals surface area (Å²) in [6.07, 6.45) is 1.23. The average molecular weight is 264 g/mol. The van der Waals surface area contributed by atoms with E-state index in [1.165, 1.54) is 18.5 Å². The van der Waals surface area contributed by atoms with Crippen molar-refractivity contribution in [2.45, 2.75) is 13.0 Å². The molecule has 1 aliphatic rings. The highest BCUT2D eigenvalue weighted by Crippen LogP contribution is 2.14. The maximum atomic E-state index is 5.56. The Morgan fingerprint density at radius 1 is 1.11 bits per heavy atom. The fourth-order valence-electron chi connectivity index (χ4n) is 2.25. The number of rotatable bonds is 6. The Morgan fingerprint density at radius 3 is 2.74 bits per heavy atom. The van der Waals surface area contributed by atoms with E-state index in [-0.39, 0.29) is 0 Å². The molecule has 0 atom stereocenters. The highest BCUT2D eigenvalue weighted by molar-refractivity contribution is 5.27. The van der Waals surface area contributed by atoms with Gasteiger partial charge in [-0.05, 0) is 37.2 Å². The minimum Gasteiger partial charge on any atom is -0.491 e. The van der Waals surface area contributed by atoms with Crippen molar-refractivity contribution in [3.05, 3.63) is 29.8 Å². The fourth-order valence-corrected chi connectivity index (χ4v) is 2.25. The van der Waals surface area contributed by atoms with Crippen LogP contribution in [0, 0.1) is 0 Å². The van der Waals surface area contributed by atoms with Crippen LogP contribution in [-0.4, -0.2) is 51.4 Å². The van der Waals surface area contributed by atoms with E-state index in [0.717, 1.165) is 31.9 Å². The van der Waals surface area contributed by atoms with Crippen molar-refractivity contribution in [2.24, 2.45) is 0 Å². The summed E-state index contributed by atoms with van der Waals surface area (Å²) in [5.74, 6) is 0.915. The second-order valence-electron chi connectivity index (χ2n) is 4.86. The van der Waals surface area contributed by atoms with Gasteiger partial charge in [-0.2, -0.15) is 0 Å². The maximum Gasteiger partial charge on any atom is 0.119 e. The lowest BCUT2D eigenvalue weighted by Gasteiger charge is -2.19. The third kappa shape index (κ3) is 5.19. The van der Waals surface area contributed by atoms with Crippen LogP contribution in [0.3, 0.4) is 0 Å². The van der Waals surface area contributed by atoms with Gasteiger partial charge in [-0.3, -0.25) is 4.90 Å². The van der Waals surface area contributed by atoms with Gasteiger partial charge in [-0.1, -0.05) is 12.1 Å². The van der Waals surface area contributed by atoms with Crippen molar-refractivity contribution in [1.29, 1.82) is 0 Å². The first-order chi connectivity index (χ1) is 9.38. The molecule has 4 heteroatoms. The highest BCUT2D eigenvalue weighted by Gasteiger charge is 2.08. The van der Waals surface area contributed by atoms with Crippen LogP contribution >= 0.6 is 0 Å². The molecule has 106 valence electrons. The van der Waals surface area contributed by atoms with Gasteiger partial charge in [-0.25, -0.2) is 0 Å². The lowest BCUT2D eigenvalue weighted by atomic mass is 10.2. The Bertz CT molecular complexity index is 346. The molecule has 0 spiro atoms. The predicted molar refractivity (Wildman–Crippen MR) is 76.6 cm³/mol. The topological polar surface area (TPSA) is 33.7 Å². The molecule has 1 aromatic carbocycles. The van der Waals surface area contributed by atoms with Gasteiger partial charge in [-0.15, -0.1) is 0 Å². The molecular weight excluding hydrogens is 240 g/mol. The molecule has 0 unspecified atom stereocenters. The van der Waals surface area contributed by atoms with Gasteiger partial charge in [0.25, 0.3) is 0 Å². The molecule has 1 fully saturated rings. The Labute approximate surface area is 115 Å². The van der Waals surface area contributed by atoms with Crippen LogP contribution in [0.1, 0.15) is 12.0 Å². The summed E-state index contributed by atoms with van der Waals surface area (Å²) in [5.41, 5.74) is 1.35. The van der Waals surface area contributed by atoms with E-state index < -0.39 is 0 Å². The van der Waals surface area contributed by atoms with Gasteiger partial charge in [0.2, 0.25) is 0 Å². The van der Waals surface area contributed by atoms with Crippen molar-refractivity contribution in [3.8, 4) is 5.75 Å². The molecule has 2 rings (SSSR count). The summed E-state index contributed by atoms with van der Waals surface area (Å²) in [6, 6.07) is 8.39. The van der Waals surface area contributed by atoms with Gasteiger partial charge in [0, 0.05) is 26.7 Å². The monoisotopic (exact) mass is 264 g/mol. The van der Waals surface area contributed by atoms with Crippen molar-refractivity contribution >= 4 is 0 Å². The second kappa shape index (κ2) is 8.15. The maximum absolute atomic E-state index is 5.56. The van der Waals surface area contributed by atoms with Crippen molar-refractivity contribution in [2.75, 3.05) is 46.5 Å². The first kappa shape index (κ1) is 14.3. The minimum atomic E-state index is 0.605. The quantitative estimate of drug-likeness (QED) is 0.790.